The lowest BCUT2D eigenvalue weighted by Crippen LogP contribution is -2.16. The van der Waals surface area contributed by atoms with E-state index >= 15 is 0 Å². The van der Waals surface area contributed by atoms with Gasteiger partial charge in [0.2, 0.25) is 0 Å². The molecule has 0 atom stereocenters. The third-order valence-electron chi connectivity index (χ3n) is 3.38. The van der Waals surface area contributed by atoms with Crippen molar-refractivity contribution in [1.29, 1.82) is 0 Å². The number of ether oxygens (including phenoxy) is 1. The lowest BCUT2D eigenvalue weighted by atomic mass is 9.90. The standard InChI is InChI=1S/C13H15BrFNO3/c14-11-6-10(16(17)18)7-12(15)13(11)19-8-9-4-2-1-3-5-9/h6-7,9H,1-5,8H2. The maximum absolute atomic E-state index is 13.8. The number of nitro groups is 1. The van der Waals surface area contributed by atoms with E-state index in [4.69, 9.17) is 4.74 Å². The minimum Gasteiger partial charge on any atom is -0.489 e. The van der Waals surface area contributed by atoms with E-state index in [-0.39, 0.29) is 15.9 Å². The van der Waals surface area contributed by atoms with Crippen LogP contribution < -0.4 is 4.74 Å². The van der Waals surface area contributed by atoms with Crippen molar-refractivity contribution in [3.05, 3.63) is 32.5 Å². The summed E-state index contributed by atoms with van der Waals surface area (Å²) >= 11 is 3.12. The van der Waals surface area contributed by atoms with Crippen molar-refractivity contribution < 1.29 is 14.1 Å². The fourth-order valence-electron chi connectivity index (χ4n) is 2.34. The summed E-state index contributed by atoms with van der Waals surface area (Å²) in [5.74, 6) is -0.178. The van der Waals surface area contributed by atoms with Crippen molar-refractivity contribution in [2.75, 3.05) is 6.61 Å². The van der Waals surface area contributed by atoms with Gasteiger partial charge in [0.1, 0.15) is 0 Å². The molecule has 0 N–H and O–H groups in total. The summed E-state index contributed by atoms with van der Waals surface area (Å²) < 4.78 is 19.6. The van der Waals surface area contributed by atoms with E-state index in [0.29, 0.717) is 12.5 Å². The fourth-order valence-corrected chi connectivity index (χ4v) is 2.88. The predicted molar refractivity (Wildman–Crippen MR) is 72.8 cm³/mol. The number of halogens is 2. The zero-order valence-corrected chi connectivity index (χ0v) is 12.0. The second-order valence-electron chi connectivity index (χ2n) is 4.81. The minimum absolute atomic E-state index is 0.0659. The normalized spacial score (nSPS) is 16.3. The third-order valence-corrected chi connectivity index (χ3v) is 3.97. The number of hydrogen-bond acceptors (Lipinski definition) is 3. The Hall–Kier alpha value is -1.17. The molecule has 2 rings (SSSR count). The van der Waals surface area contributed by atoms with Gasteiger partial charge in [-0.05, 0) is 34.7 Å². The van der Waals surface area contributed by atoms with E-state index in [0.717, 1.165) is 18.9 Å². The molecule has 104 valence electrons. The van der Waals surface area contributed by atoms with Crippen LogP contribution in [0, 0.1) is 21.8 Å². The molecule has 0 saturated heterocycles. The second-order valence-corrected chi connectivity index (χ2v) is 5.67. The SMILES string of the molecule is O=[N+]([O-])c1cc(F)c(OCC2CCCCC2)c(Br)c1. The van der Waals surface area contributed by atoms with E-state index < -0.39 is 10.7 Å². The van der Waals surface area contributed by atoms with Crippen LogP contribution >= 0.6 is 15.9 Å². The number of nitro benzene ring substituents is 1. The van der Waals surface area contributed by atoms with Crippen LogP contribution in [0.4, 0.5) is 10.1 Å². The molecule has 0 aliphatic heterocycles. The molecular formula is C13H15BrFNO3. The summed E-state index contributed by atoms with van der Waals surface area (Å²) in [6.45, 7) is 0.466. The summed E-state index contributed by atoms with van der Waals surface area (Å²) in [5, 5.41) is 10.6. The molecule has 1 aromatic rings. The summed E-state index contributed by atoms with van der Waals surface area (Å²) in [6.07, 6.45) is 5.85. The Balaban J connectivity index is 2.05. The van der Waals surface area contributed by atoms with Crippen molar-refractivity contribution in [2.45, 2.75) is 32.1 Å². The molecule has 19 heavy (non-hydrogen) atoms. The van der Waals surface area contributed by atoms with Gasteiger partial charge in [-0.2, -0.15) is 0 Å². The molecule has 0 bridgehead atoms. The Morgan fingerprint density at radius 3 is 2.63 bits per heavy atom. The van der Waals surface area contributed by atoms with Crippen LogP contribution in [0.5, 0.6) is 5.75 Å². The lowest BCUT2D eigenvalue weighted by molar-refractivity contribution is -0.385. The van der Waals surface area contributed by atoms with Gasteiger partial charge < -0.3 is 4.74 Å². The molecule has 1 fully saturated rings. The van der Waals surface area contributed by atoms with Gasteiger partial charge in [-0.25, -0.2) is 4.39 Å². The number of benzene rings is 1. The molecule has 0 amide bonds. The van der Waals surface area contributed by atoms with Crippen LogP contribution in [-0.2, 0) is 0 Å². The fraction of sp³-hybridized carbons (Fsp3) is 0.538. The summed E-state index contributed by atoms with van der Waals surface area (Å²) in [6, 6.07) is 2.15. The average Bonchev–Trinajstić information content (AvgIpc) is 2.38. The first kappa shape index (κ1) is 14.2. The zero-order chi connectivity index (χ0) is 13.8. The largest absolute Gasteiger partial charge is 0.489 e. The van der Waals surface area contributed by atoms with E-state index in [9.17, 15) is 14.5 Å². The van der Waals surface area contributed by atoms with Crippen molar-refractivity contribution in [3.8, 4) is 5.75 Å². The number of nitrogens with zero attached hydrogens (tertiary/aromatic N) is 1. The van der Waals surface area contributed by atoms with Gasteiger partial charge in [0.25, 0.3) is 5.69 Å². The van der Waals surface area contributed by atoms with Crippen LogP contribution in [0.25, 0.3) is 0 Å². The van der Waals surface area contributed by atoms with Crippen LogP contribution in [0.3, 0.4) is 0 Å². The minimum atomic E-state index is -0.697. The Morgan fingerprint density at radius 1 is 1.37 bits per heavy atom. The number of non-ortho nitro benzene ring substituents is 1. The maximum atomic E-state index is 13.8. The second kappa shape index (κ2) is 6.32. The number of hydrogen-bond donors (Lipinski definition) is 0. The zero-order valence-electron chi connectivity index (χ0n) is 10.4. The molecular weight excluding hydrogens is 317 g/mol. The Bertz CT molecular complexity index is 452. The summed E-state index contributed by atoms with van der Waals surface area (Å²) in [5.41, 5.74) is -0.283. The van der Waals surface area contributed by atoms with Gasteiger partial charge >= 0.3 is 0 Å². The highest BCUT2D eigenvalue weighted by Gasteiger charge is 2.19. The van der Waals surface area contributed by atoms with Crippen molar-refractivity contribution >= 4 is 21.6 Å². The van der Waals surface area contributed by atoms with Crippen LogP contribution in [0.2, 0.25) is 0 Å². The summed E-state index contributed by atoms with van der Waals surface area (Å²) in [4.78, 5) is 9.97. The Morgan fingerprint density at radius 2 is 2.05 bits per heavy atom. The molecule has 1 aliphatic carbocycles. The van der Waals surface area contributed by atoms with Gasteiger partial charge in [0.05, 0.1) is 22.1 Å². The molecule has 1 aliphatic rings. The van der Waals surface area contributed by atoms with Crippen molar-refractivity contribution in [1.82, 2.24) is 0 Å². The average molecular weight is 332 g/mol. The van der Waals surface area contributed by atoms with Crippen LogP contribution in [0.1, 0.15) is 32.1 Å². The molecule has 0 radical (unpaired) electrons. The monoisotopic (exact) mass is 331 g/mol. The quantitative estimate of drug-likeness (QED) is 0.604. The lowest BCUT2D eigenvalue weighted by Gasteiger charge is -2.22. The predicted octanol–water partition coefficient (Wildman–Crippen LogP) is 4.46. The van der Waals surface area contributed by atoms with Crippen LogP contribution in [-0.4, -0.2) is 11.5 Å². The first-order valence-electron chi connectivity index (χ1n) is 6.34. The third kappa shape index (κ3) is 3.65. The van der Waals surface area contributed by atoms with Gasteiger partial charge in [-0.1, -0.05) is 19.3 Å². The highest BCUT2D eigenvalue weighted by Crippen LogP contribution is 2.33. The van der Waals surface area contributed by atoms with E-state index in [1.54, 1.807) is 0 Å². The molecule has 0 spiro atoms. The molecule has 1 aromatic carbocycles. The molecule has 4 nitrogen and oxygen atoms in total. The topological polar surface area (TPSA) is 52.4 Å². The van der Waals surface area contributed by atoms with Gasteiger partial charge in [-0.15, -0.1) is 0 Å². The highest BCUT2D eigenvalue weighted by atomic mass is 79.9. The smallest absolute Gasteiger partial charge is 0.273 e. The van der Waals surface area contributed by atoms with Gasteiger partial charge in [0, 0.05) is 6.07 Å². The highest BCUT2D eigenvalue weighted by molar-refractivity contribution is 9.10. The summed E-state index contributed by atoms with van der Waals surface area (Å²) in [7, 11) is 0. The van der Waals surface area contributed by atoms with E-state index in [2.05, 4.69) is 15.9 Å². The Labute approximate surface area is 119 Å². The molecule has 0 unspecified atom stereocenters. The first-order chi connectivity index (χ1) is 9.08. The molecule has 1 saturated carbocycles. The van der Waals surface area contributed by atoms with E-state index in [1.165, 1.54) is 25.3 Å². The van der Waals surface area contributed by atoms with E-state index in [1.807, 2.05) is 0 Å². The van der Waals surface area contributed by atoms with Crippen LogP contribution in [0.15, 0.2) is 16.6 Å². The maximum Gasteiger partial charge on any atom is 0.273 e. The van der Waals surface area contributed by atoms with Crippen molar-refractivity contribution in [3.63, 3.8) is 0 Å². The Kier molecular flexibility index (Phi) is 4.74. The molecule has 0 aromatic heterocycles. The first-order valence-corrected chi connectivity index (χ1v) is 7.13. The number of rotatable bonds is 4. The van der Waals surface area contributed by atoms with Gasteiger partial charge in [-0.3, -0.25) is 10.1 Å². The van der Waals surface area contributed by atoms with Crippen molar-refractivity contribution in [2.24, 2.45) is 5.92 Å². The molecule has 0 heterocycles. The molecule has 6 heteroatoms. The van der Waals surface area contributed by atoms with Gasteiger partial charge in [0.15, 0.2) is 11.6 Å².